The van der Waals surface area contributed by atoms with E-state index in [9.17, 15) is 22.8 Å². The summed E-state index contributed by atoms with van der Waals surface area (Å²) < 4.78 is 46.5. The Balaban J connectivity index is 1.43. The molecule has 12 heteroatoms. The minimum atomic E-state index is -4.54. The highest BCUT2D eigenvalue weighted by Gasteiger charge is 2.46. The largest absolute Gasteiger partial charge is 0.408 e. The third-order valence-electron chi connectivity index (χ3n) is 5.81. The maximum absolute atomic E-state index is 13.9. The number of carbonyl (C=O) groups is 2. The Bertz CT molecular complexity index is 1210. The molecule has 2 amide bonds. The first-order valence-electron chi connectivity index (χ1n) is 11.1. The summed E-state index contributed by atoms with van der Waals surface area (Å²) in [6, 6.07) is 5.78. The van der Waals surface area contributed by atoms with Gasteiger partial charge >= 0.3 is 6.18 Å². The van der Waals surface area contributed by atoms with Crippen LogP contribution in [0, 0.1) is 5.92 Å². The summed E-state index contributed by atoms with van der Waals surface area (Å²) in [6.07, 6.45) is 1.43. The van der Waals surface area contributed by atoms with Gasteiger partial charge in [-0.3, -0.25) is 9.59 Å². The Morgan fingerprint density at radius 3 is 2.72 bits per heavy atom. The summed E-state index contributed by atoms with van der Waals surface area (Å²) in [5.41, 5.74) is 1.35. The van der Waals surface area contributed by atoms with Crippen molar-refractivity contribution in [2.24, 2.45) is 5.92 Å². The smallest absolute Gasteiger partial charge is 0.372 e. The third-order valence-corrected chi connectivity index (χ3v) is 5.81. The molecule has 3 aromatic rings. The molecule has 9 nitrogen and oxygen atoms in total. The number of alkyl halides is 3. The zero-order valence-corrected chi connectivity index (χ0v) is 19.0. The van der Waals surface area contributed by atoms with Crippen LogP contribution in [-0.2, 0) is 4.79 Å². The minimum absolute atomic E-state index is 0.0233. The number of amides is 2. The molecule has 4 heterocycles. The Morgan fingerprint density at radius 1 is 1.22 bits per heavy atom. The summed E-state index contributed by atoms with van der Waals surface area (Å²) in [7, 11) is 0. The van der Waals surface area contributed by atoms with Gasteiger partial charge in [0.15, 0.2) is 0 Å². The van der Waals surface area contributed by atoms with E-state index in [1.807, 2.05) is 0 Å². The number of nitrogens with zero attached hydrogens (tertiary/aromatic N) is 4. The summed E-state index contributed by atoms with van der Waals surface area (Å²) in [4.78, 5) is 34.2. The zero-order valence-electron chi connectivity index (χ0n) is 19.0. The Kier molecular flexibility index (Phi) is 7.32. The minimum Gasteiger partial charge on any atom is -0.372 e. The zero-order chi connectivity index (χ0) is 25.7. The average molecular weight is 500 g/mol. The molecule has 1 aliphatic heterocycles. The Labute approximate surface area is 204 Å². The van der Waals surface area contributed by atoms with Gasteiger partial charge in [-0.1, -0.05) is 17.8 Å². The number of anilines is 2. The molecule has 3 aromatic heterocycles. The van der Waals surface area contributed by atoms with Gasteiger partial charge < -0.3 is 20.1 Å². The molecule has 0 saturated carbocycles. The molecule has 0 radical (unpaired) electrons. The highest BCUT2D eigenvalue weighted by Crippen LogP contribution is 2.33. The fourth-order valence-corrected chi connectivity index (χ4v) is 4.04. The molecule has 1 fully saturated rings. The van der Waals surface area contributed by atoms with Gasteiger partial charge in [0.2, 0.25) is 5.91 Å². The SMILES string of the molecule is C=CC(=O)N1CCCC(C(Nc2ccc(NC(=O)c3cccc(-c4cnoc4)n3)nc2)C(F)(F)F)C1. The van der Waals surface area contributed by atoms with E-state index in [0.29, 0.717) is 30.6 Å². The number of hydrogen-bond acceptors (Lipinski definition) is 7. The molecule has 1 saturated heterocycles. The van der Waals surface area contributed by atoms with Crippen LogP contribution in [0.5, 0.6) is 0 Å². The van der Waals surface area contributed by atoms with Crippen molar-refractivity contribution in [1.82, 2.24) is 20.0 Å². The number of carbonyl (C=O) groups excluding carboxylic acids is 2. The van der Waals surface area contributed by atoms with E-state index >= 15 is 0 Å². The van der Waals surface area contributed by atoms with E-state index in [2.05, 4.69) is 32.3 Å². The molecule has 0 spiro atoms. The van der Waals surface area contributed by atoms with Gasteiger partial charge in [-0.15, -0.1) is 0 Å². The lowest BCUT2D eigenvalue weighted by molar-refractivity contribution is -0.159. The lowest BCUT2D eigenvalue weighted by Gasteiger charge is -2.37. The van der Waals surface area contributed by atoms with Gasteiger partial charge in [-0.25, -0.2) is 9.97 Å². The lowest BCUT2D eigenvalue weighted by atomic mass is 9.90. The number of nitrogens with one attached hydrogen (secondary N) is 2. The third kappa shape index (κ3) is 5.88. The first kappa shape index (κ1) is 24.9. The monoisotopic (exact) mass is 500 g/mol. The van der Waals surface area contributed by atoms with E-state index in [-0.39, 0.29) is 29.7 Å². The second kappa shape index (κ2) is 10.6. The van der Waals surface area contributed by atoms with E-state index in [1.165, 1.54) is 41.8 Å². The van der Waals surface area contributed by atoms with Gasteiger partial charge in [-0.2, -0.15) is 13.2 Å². The number of pyridine rings is 2. The number of piperidine rings is 1. The van der Waals surface area contributed by atoms with Gasteiger partial charge in [0, 0.05) is 19.0 Å². The van der Waals surface area contributed by atoms with Crippen molar-refractivity contribution in [3.8, 4) is 11.3 Å². The molecule has 188 valence electrons. The Morgan fingerprint density at radius 2 is 2.06 bits per heavy atom. The lowest BCUT2D eigenvalue weighted by Crippen LogP contribution is -2.50. The van der Waals surface area contributed by atoms with Crippen molar-refractivity contribution in [2.45, 2.75) is 25.1 Å². The first-order valence-corrected chi connectivity index (χ1v) is 11.1. The predicted octanol–water partition coefficient (Wildman–Crippen LogP) is 4.15. The van der Waals surface area contributed by atoms with Crippen molar-refractivity contribution in [2.75, 3.05) is 23.7 Å². The topological polar surface area (TPSA) is 113 Å². The fourth-order valence-electron chi connectivity index (χ4n) is 4.04. The van der Waals surface area contributed by atoms with E-state index in [0.717, 1.165) is 6.08 Å². The Hall–Kier alpha value is -4.22. The van der Waals surface area contributed by atoms with Crippen molar-refractivity contribution in [1.29, 1.82) is 0 Å². The van der Waals surface area contributed by atoms with Crippen LogP contribution in [0.4, 0.5) is 24.7 Å². The van der Waals surface area contributed by atoms with Crippen LogP contribution in [0.25, 0.3) is 11.3 Å². The number of aromatic nitrogens is 3. The number of rotatable bonds is 7. The highest BCUT2D eigenvalue weighted by molar-refractivity contribution is 6.02. The van der Waals surface area contributed by atoms with Crippen molar-refractivity contribution >= 4 is 23.3 Å². The van der Waals surface area contributed by atoms with Gasteiger partial charge in [0.1, 0.15) is 23.8 Å². The van der Waals surface area contributed by atoms with Gasteiger partial charge in [-0.05, 0) is 43.2 Å². The normalized spacial score (nSPS) is 16.8. The van der Waals surface area contributed by atoms with Gasteiger partial charge in [0.05, 0.1) is 29.3 Å². The molecule has 2 N–H and O–H groups in total. The second-order valence-electron chi connectivity index (χ2n) is 8.26. The summed E-state index contributed by atoms with van der Waals surface area (Å²) in [5.74, 6) is -1.61. The van der Waals surface area contributed by atoms with Crippen LogP contribution in [-0.4, -0.2) is 57.1 Å². The molecular formula is C24H23F3N6O3. The molecule has 0 bridgehead atoms. The molecule has 0 aliphatic carbocycles. The number of hydrogen-bond donors (Lipinski definition) is 2. The molecule has 0 aromatic carbocycles. The molecular weight excluding hydrogens is 477 g/mol. The molecule has 2 atom stereocenters. The summed E-state index contributed by atoms with van der Waals surface area (Å²) in [5, 5.41) is 8.69. The van der Waals surface area contributed by atoms with Crippen molar-refractivity contribution in [3.05, 3.63) is 67.3 Å². The standard InChI is InChI=1S/C24H23F3N6O3/c1-2-21(34)33-10-4-5-15(13-33)22(24(25,26)27)30-17-8-9-20(28-12-17)32-23(35)19-7-3-6-18(31-19)16-11-29-36-14-16/h2-3,6-9,11-12,14-15,22,30H,1,4-5,10,13H2,(H,28,32,35). The fraction of sp³-hybridized carbons (Fsp3) is 0.292. The maximum Gasteiger partial charge on any atom is 0.408 e. The quantitative estimate of drug-likeness (QED) is 0.469. The predicted molar refractivity (Wildman–Crippen MR) is 125 cm³/mol. The summed E-state index contributed by atoms with van der Waals surface area (Å²) in [6.45, 7) is 3.79. The first-order chi connectivity index (χ1) is 17.2. The second-order valence-corrected chi connectivity index (χ2v) is 8.26. The van der Waals surface area contributed by atoms with Gasteiger partial charge in [0.25, 0.3) is 5.91 Å². The maximum atomic E-state index is 13.9. The van der Waals surface area contributed by atoms with Crippen molar-refractivity contribution in [3.63, 3.8) is 0 Å². The van der Waals surface area contributed by atoms with Crippen LogP contribution in [0.15, 0.2) is 66.2 Å². The van der Waals surface area contributed by atoms with E-state index in [1.54, 1.807) is 12.1 Å². The molecule has 36 heavy (non-hydrogen) atoms. The molecule has 4 rings (SSSR count). The van der Waals surface area contributed by atoms with E-state index < -0.39 is 24.0 Å². The average Bonchev–Trinajstić information content (AvgIpc) is 3.42. The van der Waals surface area contributed by atoms with Crippen LogP contribution in [0.2, 0.25) is 0 Å². The molecule has 2 unspecified atom stereocenters. The summed E-state index contributed by atoms with van der Waals surface area (Å²) >= 11 is 0. The van der Waals surface area contributed by atoms with Crippen molar-refractivity contribution < 1.29 is 27.3 Å². The highest BCUT2D eigenvalue weighted by atomic mass is 19.4. The van der Waals surface area contributed by atoms with Crippen LogP contribution >= 0.6 is 0 Å². The van der Waals surface area contributed by atoms with Crippen LogP contribution < -0.4 is 10.6 Å². The van der Waals surface area contributed by atoms with Crippen LogP contribution in [0.1, 0.15) is 23.3 Å². The number of likely N-dealkylation sites (tertiary alicyclic amines) is 1. The van der Waals surface area contributed by atoms with Crippen LogP contribution in [0.3, 0.4) is 0 Å². The molecule has 1 aliphatic rings. The van der Waals surface area contributed by atoms with E-state index in [4.69, 9.17) is 4.52 Å². The number of halogens is 3.